The van der Waals surface area contributed by atoms with E-state index in [1.807, 2.05) is 35.2 Å². The number of anilines is 1. The molecule has 0 radical (unpaired) electrons. The molecule has 0 bridgehead atoms. The fourth-order valence-corrected chi connectivity index (χ4v) is 4.40. The van der Waals surface area contributed by atoms with Crippen LogP contribution in [0, 0.1) is 5.92 Å². The zero-order valence-electron chi connectivity index (χ0n) is 17.9. The monoisotopic (exact) mass is 419 g/mol. The lowest BCUT2D eigenvalue weighted by Gasteiger charge is -2.37. The van der Waals surface area contributed by atoms with E-state index in [2.05, 4.69) is 33.4 Å². The molecule has 7 nitrogen and oxygen atoms in total. The number of amides is 1. The average molecular weight is 420 g/mol. The number of carbonyl (C=O) groups is 1. The van der Waals surface area contributed by atoms with Crippen molar-refractivity contribution in [3.8, 4) is 0 Å². The number of likely N-dealkylation sites (tertiary alicyclic amines) is 1. The molecule has 31 heavy (non-hydrogen) atoms. The van der Waals surface area contributed by atoms with Gasteiger partial charge in [0.1, 0.15) is 24.4 Å². The molecule has 3 aromatic rings. The standard InChI is InChI=1S/C24H29N5O2/c1-16-7-10-20(13-29(16)24(30)31-14-18-5-3-2-4-6-18)28-23-21-19(11-17-8-9-17)12-25-22(21)26-15-27-23/h2-6,12,15-17,20H,7-11,13-14H2,1H3,(H2,25,26,27,28)/t16-,20+/m0/s1. The van der Waals surface area contributed by atoms with E-state index in [0.29, 0.717) is 13.2 Å². The molecule has 1 saturated heterocycles. The molecule has 2 aromatic heterocycles. The predicted octanol–water partition coefficient (Wildman–Crippen LogP) is 4.51. The van der Waals surface area contributed by atoms with Crippen LogP contribution < -0.4 is 5.32 Å². The van der Waals surface area contributed by atoms with Crippen LogP contribution in [0.15, 0.2) is 42.9 Å². The molecule has 1 amide bonds. The lowest BCUT2D eigenvalue weighted by atomic mass is 9.99. The number of nitrogens with zero attached hydrogens (tertiary/aromatic N) is 3. The van der Waals surface area contributed by atoms with Crippen molar-refractivity contribution < 1.29 is 9.53 Å². The van der Waals surface area contributed by atoms with E-state index in [0.717, 1.165) is 47.6 Å². The maximum atomic E-state index is 12.8. The van der Waals surface area contributed by atoms with Gasteiger partial charge in [-0.25, -0.2) is 14.8 Å². The Morgan fingerprint density at radius 3 is 2.84 bits per heavy atom. The third kappa shape index (κ3) is 4.50. The Kier molecular flexibility index (Phi) is 5.49. The van der Waals surface area contributed by atoms with Gasteiger partial charge in [0, 0.05) is 24.8 Å². The number of rotatable bonds is 6. The minimum atomic E-state index is -0.258. The zero-order valence-corrected chi connectivity index (χ0v) is 17.9. The Bertz CT molecular complexity index is 1050. The molecule has 0 spiro atoms. The normalized spacial score (nSPS) is 21.3. The molecule has 2 atom stereocenters. The van der Waals surface area contributed by atoms with Gasteiger partial charge >= 0.3 is 6.09 Å². The first-order valence-electron chi connectivity index (χ1n) is 11.2. The van der Waals surface area contributed by atoms with Gasteiger partial charge in [0.15, 0.2) is 0 Å². The number of aromatic amines is 1. The summed E-state index contributed by atoms with van der Waals surface area (Å²) in [5, 5.41) is 4.69. The van der Waals surface area contributed by atoms with Gasteiger partial charge in [-0.3, -0.25) is 0 Å². The van der Waals surface area contributed by atoms with Crippen LogP contribution in [0.5, 0.6) is 0 Å². The first kappa shape index (κ1) is 19.8. The lowest BCUT2D eigenvalue weighted by molar-refractivity contribution is 0.0696. The summed E-state index contributed by atoms with van der Waals surface area (Å²) < 4.78 is 5.59. The van der Waals surface area contributed by atoms with E-state index in [1.165, 1.54) is 18.4 Å². The molecule has 2 N–H and O–H groups in total. The summed E-state index contributed by atoms with van der Waals surface area (Å²) in [6.45, 7) is 2.98. The third-order valence-corrected chi connectivity index (χ3v) is 6.42. The van der Waals surface area contributed by atoms with Crippen molar-refractivity contribution in [1.82, 2.24) is 19.9 Å². The van der Waals surface area contributed by atoms with Gasteiger partial charge in [0.2, 0.25) is 0 Å². The van der Waals surface area contributed by atoms with E-state index in [-0.39, 0.29) is 18.2 Å². The number of hydrogen-bond donors (Lipinski definition) is 2. The van der Waals surface area contributed by atoms with Gasteiger partial charge in [0.25, 0.3) is 0 Å². The van der Waals surface area contributed by atoms with Crippen LogP contribution >= 0.6 is 0 Å². The van der Waals surface area contributed by atoms with Crippen molar-refractivity contribution >= 4 is 22.9 Å². The van der Waals surface area contributed by atoms with Crippen LogP contribution in [-0.2, 0) is 17.8 Å². The van der Waals surface area contributed by atoms with Crippen LogP contribution in [0.3, 0.4) is 0 Å². The summed E-state index contributed by atoms with van der Waals surface area (Å²) in [6, 6.07) is 10.1. The van der Waals surface area contributed by atoms with Crippen molar-refractivity contribution in [2.75, 3.05) is 11.9 Å². The highest BCUT2D eigenvalue weighted by molar-refractivity contribution is 5.90. The predicted molar refractivity (Wildman–Crippen MR) is 120 cm³/mol. The summed E-state index contributed by atoms with van der Waals surface area (Å²) in [7, 11) is 0. The number of H-pyrrole nitrogens is 1. The Hall–Kier alpha value is -3.09. The molecular weight excluding hydrogens is 390 g/mol. The van der Waals surface area contributed by atoms with Crippen LogP contribution in [-0.4, -0.2) is 44.6 Å². The van der Waals surface area contributed by atoms with Gasteiger partial charge in [-0.15, -0.1) is 0 Å². The fraction of sp³-hybridized carbons (Fsp3) is 0.458. The second-order valence-electron chi connectivity index (χ2n) is 8.87. The van der Waals surface area contributed by atoms with Gasteiger partial charge in [-0.05, 0) is 56.1 Å². The molecule has 0 unspecified atom stereocenters. The van der Waals surface area contributed by atoms with E-state index >= 15 is 0 Å². The highest BCUT2D eigenvalue weighted by atomic mass is 16.6. The van der Waals surface area contributed by atoms with E-state index in [4.69, 9.17) is 4.74 Å². The van der Waals surface area contributed by atoms with Crippen LogP contribution in [0.4, 0.5) is 10.6 Å². The number of aromatic nitrogens is 3. The minimum absolute atomic E-state index is 0.127. The molecule has 1 saturated carbocycles. The number of piperidine rings is 1. The van der Waals surface area contributed by atoms with Crippen LogP contribution in [0.1, 0.15) is 43.7 Å². The van der Waals surface area contributed by atoms with Crippen LogP contribution in [0.2, 0.25) is 0 Å². The number of hydrogen-bond acceptors (Lipinski definition) is 5. The molecule has 3 heterocycles. The van der Waals surface area contributed by atoms with E-state index < -0.39 is 0 Å². The lowest BCUT2D eigenvalue weighted by Crippen LogP contribution is -2.49. The van der Waals surface area contributed by atoms with Gasteiger partial charge in [0.05, 0.1) is 5.39 Å². The number of ether oxygens (including phenoxy) is 1. The maximum absolute atomic E-state index is 12.8. The maximum Gasteiger partial charge on any atom is 0.410 e. The molecule has 1 aromatic carbocycles. The topological polar surface area (TPSA) is 83.1 Å². The Morgan fingerprint density at radius 1 is 1.19 bits per heavy atom. The second kappa shape index (κ2) is 8.57. The molecule has 2 fully saturated rings. The number of benzene rings is 1. The van der Waals surface area contributed by atoms with Gasteiger partial charge in [-0.2, -0.15) is 0 Å². The zero-order chi connectivity index (χ0) is 21.2. The van der Waals surface area contributed by atoms with Crippen LogP contribution in [0.25, 0.3) is 11.0 Å². The second-order valence-corrected chi connectivity index (χ2v) is 8.87. The highest BCUT2D eigenvalue weighted by Crippen LogP contribution is 2.36. The SMILES string of the molecule is C[C@H]1CC[C@@H](Nc2ncnc3[nH]cc(CC4CC4)c23)CN1C(=O)OCc1ccccc1. The van der Waals surface area contributed by atoms with Crippen molar-refractivity contribution in [2.24, 2.45) is 5.92 Å². The smallest absolute Gasteiger partial charge is 0.410 e. The van der Waals surface area contributed by atoms with Crippen molar-refractivity contribution in [3.05, 3.63) is 54.0 Å². The summed E-state index contributed by atoms with van der Waals surface area (Å²) in [5.74, 6) is 1.65. The van der Waals surface area contributed by atoms with Crippen molar-refractivity contribution in [2.45, 2.75) is 57.7 Å². The van der Waals surface area contributed by atoms with E-state index in [1.54, 1.807) is 6.33 Å². The number of nitrogens with one attached hydrogen (secondary N) is 2. The van der Waals surface area contributed by atoms with Crippen molar-refractivity contribution in [1.29, 1.82) is 0 Å². The minimum Gasteiger partial charge on any atom is -0.445 e. The van der Waals surface area contributed by atoms with E-state index in [9.17, 15) is 4.79 Å². The molecule has 7 heteroatoms. The first-order chi connectivity index (χ1) is 15.2. The van der Waals surface area contributed by atoms with Gasteiger partial charge < -0.3 is 19.9 Å². The summed E-state index contributed by atoms with van der Waals surface area (Å²) in [4.78, 5) is 26.9. The number of fused-ring (bicyclic) bond motifs is 1. The fourth-order valence-electron chi connectivity index (χ4n) is 4.40. The highest BCUT2D eigenvalue weighted by Gasteiger charge is 2.31. The molecule has 1 aliphatic heterocycles. The molecular formula is C24H29N5O2. The largest absolute Gasteiger partial charge is 0.445 e. The first-order valence-corrected chi connectivity index (χ1v) is 11.2. The Labute approximate surface area is 182 Å². The summed E-state index contributed by atoms with van der Waals surface area (Å²) in [5.41, 5.74) is 3.15. The quantitative estimate of drug-likeness (QED) is 0.614. The molecule has 5 rings (SSSR count). The third-order valence-electron chi connectivity index (χ3n) is 6.42. The Morgan fingerprint density at radius 2 is 2.03 bits per heavy atom. The molecule has 1 aliphatic carbocycles. The summed E-state index contributed by atoms with van der Waals surface area (Å²) in [6.07, 6.45) is 9.01. The average Bonchev–Trinajstić information content (AvgIpc) is 3.52. The molecule has 162 valence electrons. The Balaban J connectivity index is 1.27. The molecule has 2 aliphatic rings. The van der Waals surface area contributed by atoms with Gasteiger partial charge in [-0.1, -0.05) is 30.3 Å². The van der Waals surface area contributed by atoms with Crippen molar-refractivity contribution in [3.63, 3.8) is 0 Å². The number of carbonyl (C=O) groups excluding carboxylic acids is 1. The summed E-state index contributed by atoms with van der Waals surface area (Å²) >= 11 is 0.